The number of hydrogen-bond donors (Lipinski definition) is 0. The molecule has 0 unspecified atom stereocenters. The monoisotopic (exact) mass is 676 g/mol. The molecule has 0 heterocycles. The van der Waals surface area contributed by atoms with Gasteiger partial charge in [-0.3, -0.25) is 9.59 Å². The molecule has 0 aliphatic heterocycles. The minimum absolute atomic E-state index is 0. The first-order valence-electron chi connectivity index (χ1n) is 15.4. The molecule has 248 valence electrons. The molecule has 0 N–H and O–H groups in total. The van der Waals surface area contributed by atoms with Crippen molar-refractivity contribution in [3.63, 3.8) is 0 Å². The van der Waals surface area contributed by atoms with Crippen LogP contribution in [0, 0.1) is 0 Å². The van der Waals surface area contributed by atoms with E-state index in [2.05, 4.69) is 13.8 Å². The molecule has 13 heteroatoms. The molecule has 0 radical (unpaired) electrons. The minimum atomic E-state index is -4.19. The van der Waals surface area contributed by atoms with E-state index in [0.717, 1.165) is 25.7 Å². The van der Waals surface area contributed by atoms with Crippen molar-refractivity contribution in [1.29, 1.82) is 0 Å². The molecule has 0 fully saturated rings. The van der Waals surface area contributed by atoms with Crippen molar-refractivity contribution in [3.05, 3.63) is 24.3 Å². The predicted octanol–water partition coefficient (Wildman–Crippen LogP) is 4.99. The molecule has 43 heavy (non-hydrogen) atoms. The second-order valence-electron chi connectivity index (χ2n) is 10.7. The van der Waals surface area contributed by atoms with Crippen LogP contribution in [-0.2, 0) is 29.8 Å². The zero-order valence-electron chi connectivity index (χ0n) is 27.1. The molecule has 0 saturated carbocycles. The van der Waals surface area contributed by atoms with Gasteiger partial charge in [0, 0.05) is 38.7 Å². The van der Waals surface area contributed by atoms with E-state index in [1.54, 1.807) is 14.1 Å². The first kappa shape index (κ1) is 46.9. The number of amides is 2. The number of allylic oxidation sites excluding steroid dienone is 2. The normalized spacial score (nSPS) is 11.7. The molecular formula is C30H56CaN2O8S2. The molecule has 0 bridgehead atoms. The smallest absolute Gasteiger partial charge is 0.748 e. The summed E-state index contributed by atoms with van der Waals surface area (Å²) >= 11 is 0. The Morgan fingerprint density at radius 3 is 1.16 bits per heavy atom. The van der Waals surface area contributed by atoms with E-state index in [1.807, 2.05) is 12.2 Å². The number of rotatable bonds is 24. The molecule has 0 aliphatic rings. The maximum Gasteiger partial charge on any atom is 2.00 e. The van der Waals surface area contributed by atoms with Crippen LogP contribution in [0.4, 0.5) is 0 Å². The molecular weight excluding hydrogens is 621 g/mol. The Morgan fingerprint density at radius 2 is 0.860 bits per heavy atom. The van der Waals surface area contributed by atoms with Gasteiger partial charge >= 0.3 is 37.7 Å². The van der Waals surface area contributed by atoms with Crippen LogP contribution in [0.25, 0.3) is 0 Å². The van der Waals surface area contributed by atoms with Gasteiger partial charge in [-0.1, -0.05) is 90.2 Å². The van der Waals surface area contributed by atoms with E-state index < -0.39 is 31.7 Å². The van der Waals surface area contributed by atoms with Crippen molar-refractivity contribution in [2.24, 2.45) is 0 Å². The van der Waals surface area contributed by atoms with Crippen LogP contribution in [0.2, 0.25) is 0 Å². The average Bonchev–Trinajstić information content (AvgIpc) is 2.90. The van der Waals surface area contributed by atoms with Gasteiger partial charge in [0.1, 0.15) is 0 Å². The van der Waals surface area contributed by atoms with Crippen molar-refractivity contribution in [2.45, 2.75) is 117 Å². The summed E-state index contributed by atoms with van der Waals surface area (Å²) < 4.78 is 62.7. The van der Waals surface area contributed by atoms with E-state index in [9.17, 15) is 35.5 Å². The summed E-state index contributed by atoms with van der Waals surface area (Å²) in [4.78, 5) is 26.2. The van der Waals surface area contributed by atoms with Crippen LogP contribution >= 0.6 is 0 Å². The van der Waals surface area contributed by atoms with Crippen LogP contribution in [-0.4, -0.2) is 124 Å². The van der Waals surface area contributed by atoms with Crippen LogP contribution in [0.5, 0.6) is 0 Å². The Morgan fingerprint density at radius 1 is 0.558 bits per heavy atom. The second-order valence-corrected chi connectivity index (χ2v) is 13.7. The number of nitrogens with zero attached hydrogens (tertiary/aromatic N) is 2. The van der Waals surface area contributed by atoms with Crippen molar-refractivity contribution in [2.75, 3.05) is 38.7 Å². The SMILES string of the molecule is CCCCCCCC/C=C/C(=O)N(C)CCCS(=O)(=O)[O-].CCCCCCCC/C=C/C(=O)N(C)CCCS(=O)(=O)[O-].[Ca+2]. The summed E-state index contributed by atoms with van der Waals surface area (Å²) in [6.45, 7) is 4.94. The van der Waals surface area contributed by atoms with Crippen molar-refractivity contribution < 1.29 is 35.5 Å². The van der Waals surface area contributed by atoms with Gasteiger partial charge in [0.2, 0.25) is 11.8 Å². The fourth-order valence-electron chi connectivity index (χ4n) is 3.89. The summed E-state index contributed by atoms with van der Waals surface area (Å²) in [5.74, 6) is -1.15. The molecule has 0 aromatic rings. The summed E-state index contributed by atoms with van der Waals surface area (Å²) in [7, 11) is -5.16. The van der Waals surface area contributed by atoms with Gasteiger partial charge in [-0.15, -0.1) is 0 Å². The Labute approximate surface area is 292 Å². The molecule has 2 amide bonds. The quantitative estimate of drug-likeness (QED) is 0.0599. The molecule has 0 aliphatic carbocycles. The molecule has 0 spiro atoms. The topological polar surface area (TPSA) is 155 Å². The van der Waals surface area contributed by atoms with Crippen LogP contribution < -0.4 is 0 Å². The second kappa shape index (κ2) is 30.2. The Bertz CT molecular complexity index is 893. The van der Waals surface area contributed by atoms with E-state index in [0.29, 0.717) is 0 Å². The number of carbonyl (C=O) groups is 2. The van der Waals surface area contributed by atoms with Gasteiger partial charge in [-0.05, 0) is 50.7 Å². The van der Waals surface area contributed by atoms with Crippen molar-refractivity contribution >= 4 is 69.8 Å². The predicted molar refractivity (Wildman–Crippen MR) is 174 cm³/mol. The first-order valence-corrected chi connectivity index (χ1v) is 18.6. The molecule has 0 aromatic carbocycles. The molecule has 0 atom stereocenters. The maximum atomic E-state index is 11.7. The molecule has 0 rings (SSSR count). The number of carbonyl (C=O) groups excluding carboxylic acids is 2. The third-order valence-electron chi connectivity index (χ3n) is 6.50. The standard InChI is InChI=1S/2C15H29NO4S.Ca/c2*1-3-4-5-6-7-8-9-10-12-15(17)16(2)13-11-14-21(18,19)20;/h2*10,12H,3-9,11,13-14H2,1-2H3,(H,18,19,20);/q;;+2/p-2/b2*12-10+;. The number of unbranched alkanes of at least 4 members (excludes halogenated alkanes) is 12. The Balaban J connectivity index is -0.000000727. The minimum Gasteiger partial charge on any atom is -0.748 e. The van der Waals surface area contributed by atoms with E-state index in [4.69, 9.17) is 0 Å². The van der Waals surface area contributed by atoms with Gasteiger partial charge < -0.3 is 18.9 Å². The fraction of sp³-hybridized carbons (Fsp3) is 0.800. The van der Waals surface area contributed by atoms with E-state index in [-0.39, 0.29) is 75.5 Å². The van der Waals surface area contributed by atoms with Gasteiger partial charge in [0.15, 0.2) is 0 Å². The fourth-order valence-corrected chi connectivity index (χ4v) is 4.85. The molecule has 0 saturated heterocycles. The zero-order chi connectivity index (χ0) is 32.3. The van der Waals surface area contributed by atoms with Crippen LogP contribution in [0.3, 0.4) is 0 Å². The summed E-state index contributed by atoms with van der Waals surface area (Å²) in [5, 5.41) is 0. The largest absolute Gasteiger partial charge is 2.00 e. The van der Waals surface area contributed by atoms with E-state index >= 15 is 0 Å². The third-order valence-corrected chi connectivity index (χ3v) is 8.08. The summed E-state index contributed by atoms with van der Waals surface area (Å²) in [5.41, 5.74) is 0. The maximum absolute atomic E-state index is 11.7. The van der Waals surface area contributed by atoms with Gasteiger partial charge in [0.25, 0.3) is 0 Å². The number of hydrogen-bond acceptors (Lipinski definition) is 8. The zero-order valence-corrected chi connectivity index (χ0v) is 31.0. The van der Waals surface area contributed by atoms with Crippen molar-refractivity contribution in [3.8, 4) is 0 Å². The summed E-state index contributed by atoms with van der Waals surface area (Å²) in [6, 6.07) is 0. The number of likely N-dealkylation sites (N-methyl/N-ethyl adjacent to an activating group) is 2. The van der Waals surface area contributed by atoms with Gasteiger partial charge in [-0.2, -0.15) is 0 Å². The summed E-state index contributed by atoms with van der Waals surface area (Å²) in [6.07, 6.45) is 23.6. The Hall–Kier alpha value is -0.500. The van der Waals surface area contributed by atoms with Crippen molar-refractivity contribution in [1.82, 2.24) is 9.80 Å². The molecule has 0 aromatic heterocycles. The first-order chi connectivity index (χ1) is 19.7. The van der Waals surface area contributed by atoms with E-state index in [1.165, 1.54) is 86.2 Å². The van der Waals surface area contributed by atoms with Crippen LogP contribution in [0.1, 0.15) is 117 Å². The average molecular weight is 677 g/mol. The molecule has 10 nitrogen and oxygen atoms in total. The Kier molecular flexibility index (Phi) is 32.9. The third kappa shape index (κ3) is 37.6. The van der Waals surface area contributed by atoms with Gasteiger partial charge in [0.05, 0.1) is 20.2 Å². The van der Waals surface area contributed by atoms with Gasteiger partial charge in [-0.25, -0.2) is 16.8 Å². The van der Waals surface area contributed by atoms with Crippen LogP contribution in [0.15, 0.2) is 24.3 Å².